The fraction of sp³-hybridized carbons (Fsp3) is 0.769. The average molecular weight is 827 g/mol. The highest BCUT2D eigenvalue weighted by molar-refractivity contribution is 5.90. The summed E-state index contributed by atoms with van der Waals surface area (Å²) in [6.07, 6.45) is 13.2. The summed E-state index contributed by atoms with van der Waals surface area (Å²) in [6.45, 7) is 37.6. The molecular formula is C52H82N4O4. The molecule has 1 aliphatic heterocycles. The van der Waals surface area contributed by atoms with E-state index in [1.54, 1.807) is 0 Å². The summed E-state index contributed by atoms with van der Waals surface area (Å²) >= 11 is 0. The second-order valence-electron chi connectivity index (χ2n) is 23.9. The van der Waals surface area contributed by atoms with Crippen molar-refractivity contribution >= 4 is 17.6 Å². The van der Waals surface area contributed by atoms with Crippen LogP contribution in [0, 0.1) is 50.7 Å². The van der Waals surface area contributed by atoms with E-state index >= 15 is 0 Å². The van der Waals surface area contributed by atoms with Gasteiger partial charge in [0.05, 0.1) is 5.56 Å². The topological polar surface area (TPSA) is 97.1 Å². The Morgan fingerprint density at radius 1 is 0.817 bits per heavy atom. The van der Waals surface area contributed by atoms with Crippen LogP contribution in [0.25, 0.3) is 5.57 Å². The van der Waals surface area contributed by atoms with Gasteiger partial charge in [0.2, 0.25) is 0 Å². The average Bonchev–Trinajstić information content (AvgIpc) is 3.54. The van der Waals surface area contributed by atoms with Crippen molar-refractivity contribution in [2.75, 3.05) is 45.8 Å². The number of carbonyl (C=O) groups excluding carboxylic acids is 2. The van der Waals surface area contributed by atoms with E-state index in [4.69, 9.17) is 15.2 Å². The van der Waals surface area contributed by atoms with Gasteiger partial charge in [-0.25, -0.2) is 9.59 Å². The SMILES string of the molecule is C=C(C)[C@@H]1CC[C@]2(CNCCN3CCN(C(=O)OC(C)(C)C)CC3)CC[C@]3(C)[C@H](CC[C@@H]4[C@@]5(C)CC=C(c6ccc(C(=O)OC(C)(C)C)cc6)C(C)(C)[C@]5(N)CC[C@]43C)[C@@H]12. The molecule has 1 saturated heterocycles. The van der Waals surface area contributed by atoms with Crippen LogP contribution in [0.3, 0.4) is 0 Å². The zero-order valence-corrected chi connectivity index (χ0v) is 39.8. The highest BCUT2D eigenvalue weighted by Gasteiger charge is 2.73. The van der Waals surface area contributed by atoms with E-state index in [9.17, 15) is 9.59 Å². The lowest BCUT2D eigenvalue weighted by Gasteiger charge is -2.75. The molecule has 0 spiro atoms. The number of hydrogen-bond donors (Lipinski definition) is 2. The van der Waals surface area contributed by atoms with Gasteiger partial charge in [0.1, 0.15) is 11.2 Å². The summed E-state index contributed by atoms with van der Waals surface area (Å²) in [7, 11) is 0. The number of ether oxygens (including phenoxy) is 2. The molecule has 1 heterocycles. The number of esters is 1. The van der Waals surface area contributed by atoms with Crippen LogP contribution in [0.15, 0.2) is 42.5 Å². The Kier molecular flexibility index (Phi) is 11.7. The van der Waals surface area contributed by atoms with Crippen molar-refractivity contribution in [3.8, 4) is 0 Å². The van der Waals surface area contributed by atoms with Gasteiger partial charge in [-0.1, -0.05) is 65.0 Å². The van der Waals surface area contributed by atoms with Gasteiger partial charge in [-0.05, 0) is 175 Å². The summed E-state index contributed by atoms with van der Waals surface area (Å²) in [5.74, 6) is 2.19. The van der Waals surface area contributed by atoms with Crippen LogP contribution < -0.4 is 11.1 Å². The third kappa shape index (κ3) is 7.52. The number of hydrogen-bond acceptors (Lipinski definition) is 7. The Labute approximate surface area is 364 Å². The number of allylic oxidation sites excluding steroid dienone is 2. The van der Waals surface area contributed by atoms with E-state index in [-0.39, 0.29) is 39.3 Å². The number of benzene rings is 1. The molecular weight excluding hydrogens is 745 g/mol. The van der Waals surface area contributed by atoms with Crippen LogP contribution in [0.4, 0.5) is 4.79 Å². The van der Waals surface area contributed by atoms with E-state index in [2.05, 4.69) is 76.5 Å². The highest BCUT2D eigenvalue weighted by atomic mass is 16.6. The molecule has 1 aromatic rings. The lowest BCUT2D eigenvalue weighted by molar-refractivity contribution is -0.230. The zero-order valence-electron chi connectivity index (χ0n) is 39.8. The summed E-state index contributed by atoms with van der Waals surface area (Å²) in [5, 5.41) is 4.03. The highest BCUT2D eigenvalue weighted by Crippen LogP contribution is 2.78. The molecule has 0 aromatic heterocycles. The second kappa shape index (κ2) is 15.5. The number of nitrogens with zero attached hydrogens (tertiary/aromatic N) is 2. The minimum atomic E-state index is -0.529. The number of piperazine rings is 1. The number of nitrogens with two attached hydrogens (primary N) is 1. The number of rotatable bonds is 8. The van der Waals surface area contributed by atoms with Crippen molar-refractivity contribution in [1.82, 2.24) is 15.1 Å². The number of amides is 1. The molecule has 9 atom stereocenters. The fourth-order valence-electron chi connectivity index (χ4n) is 14.8. The van der Waals surface area contributed by atoms with Gasteiger partial charge in [-0.2, -0.15) is 0 Å². The third-order valence-electron chi connectivity index (χ3n) is 18.2. The molecule has 7 rings (SSSR count). The molecule has 0 bridgehead atoms. The largest absolute Gasteiger partial charge is 0.456 e. The van der Waals surface area contributed by atoms with Crippen molar-refractivity contribution in [1.29, 1.82) is 0 Å². The Bertz CT molecular complexity index is 1830. The summed E-state index contributed by atoms with van der Waals surface area (Å²) in [4.78, 5) is 29.9. The van der Waals surface area contributed by atoms with Gasteiger partial charge in [0.15, 0.2) is 0 Å². The standard InChI is InChI=1S/C52H82N4O4/c1-35(2)38-20-23-51(34-54-28-29-55-30-32-56(33-31-55)44(58)60-46(6,7)8)26-24-48(11)40(42(38)51)18-19-41-49(48,12)25-27-52(53)47(9,10)39(21-22-50(41,52)13)36-14-16-37(17-15-36)43(57)59-45(3,4)5/h14-17,21,38,40-42,54H,1,18-20,22-34,53H2,2-13H3/t38-,40+,41-,42+,48+,49+,50+,51+,52+/m0/s1. The Morgan fingerprint density at radius 3 is 2.07 bits per heavy atom. The Morgan fingerprint density at radius 2 is 1.45 bits per heavy atom. The van der Waals surface area contributed by atoms with Crippen LogP contribution >= 0.6 is 0 Å². The van der Waals surface area contributed by atoms with Crippen molar-refractivity contribution in [3.05, 3.63) is 53.6 Å². The van der Waals surface area contributed by atoms with Crippen molar-refractivity contribution in [2.45, 2.75) is 158 Å². The maximum Gasteiger partial charge on any atom is 0.410 e. The van der Waals surface area contributed by atoms with Crippen LogP contribution in [-0.4, -0.2) is 84.4 Å². The molecule has 0 unspecified atom stereocenters. The van der Waals surface area contributed by atoms with E-state index in [1.165, 1.54) is 56.1 Å². The monoisotopic (exact) mass is 827 g/mol. The molecule has 0 radical (unpaired) electrons. The maximum absolute atomic E-state index is 12.9. The second-order valence-corrected chi connectivity index (χ2v) is 23.9. The lowest BCUT2D eigenvalue weighted by atomic mass is 9.31. The molecule has 8 heteroatoms. The first-order valence-electron chi connectivity index (χ1n) is 23.7. The van der Waals surface area contributed by atoms with E-state index in [0.717, 1.165) is 64.2 Å². The van der Waals surface area contributed by atoms with Crippen molar-refractivity contribution < 1.29 is 19.1 Å². The molecule has 3 N–H and O–H groups in total. The molecule has 4 saturated carbocycles. The first kappa shape index (κ1) is 45.3. The van der Waals surface area contributed by atoms with E-state index in [1.807, 2.05) is 58.6 Å². The van der Waals surface area contributed by atoms with Crippen LogP contribution in [0.2, 0.25) is 0 Å². The fourth-order valence-corrected chi connectivity index (χ4v) is 14.8. The Hall–Kier alpha value is -2.68. The smallest absolute Gasteiger partial charge is 0.410 e. The third-order valence-corrected chi connectivity index (χ3v) is 18.2. The summed E-state index contributed by atoms with van der Waals surface area (Å²) < 4.78 is 11.3. The van der Waals surface area contributed by atoms with Gasteiger partial charge in [0.25, 0.3) is 0 Å². The van der Waals surface area contributed by atoms with E-state index in [0.29, 0.717) is 34.7 Å². The van der Waals surface area contributed by atoms with Gasteiger partial charge in [0, 0.05) is 56.8 Å². The van der Waals surface area contributed by atoms with Gasteiger partial charge < -0.3 is 25.4 Å². The molecule has 334 valence electrons. The van der Waals surface area contributed by atoms with Gasteiger partial charge in [-0.15, -0.1) is 0 Å². The quantitative estimate of drug-likeness (QED) is 0.153. The number of nitrogens with one attached hydrogen (secondary N) is 1. The predicted octanol–water partition coefficient (Wildman–Crippen LogP) is 10.5. The van der Waals surface area contributed by atoms with Crippen LogP contribution in [0.5, 0.6) is 0 Å². The minimum Gasteiger partial charge on any atom is -0.456 e. The van der Waals surface area contributed by atoms with Crippen LogP contribution in [0.1, 0.15) is 157 Å². The molecule has 1 aromatic carbocycles. The molecule has 5 aliphatic carbocycles. The van der Waals surface area contributed by atoms with E-state index < -0.39 is 11.2 Å². The van der Waals surface area contributed by atoms with Gasteiger partial charge in [-0.3, -0.25) is 4.90 Å². The van der Waals surface area contributed by atoms with Crippen molar-refractivity contribution in [3.63, 3.8) is 0 Å². The predicted molar refractivity (Wildman–Crippen MR) is 244 cm³/mol. The van der Waals surface area contributed by atoms with Crippen molar-refractivity contribution in [2.24, 2.45) is 56.5 Å². The minimum absolute atomic E-state index is 0.0324. The lowest BCUT2D eigenvalue weighted by Crippen LogP contribution is -2.74. The Balaban J connectivity index is 1.06. The molecule has 1 amide bonds. The van der Waals surface area contributed by atoms with Crippen LogP contribution in [-0.2, 0) is 9.47 Å². The summed E-state index contributed by atoms with van der Waals surface area (Å²) in [6, 6.07) is 8.06. The summed E-state index contributed by atoms with van der Waals surface area (Å²) in [5.41, 5.74) is 11.6. The maximum atomic E-state index is 12.9. The zero-order chi connectivity index (χ0) is 43.9. The number of fused-ring (bicyclic) bond motifs is 7. The molecule has 5 fully saturated rings. The first-order chi connectivity index (χ1) is 27.8. The van der Waals surface area contributed by atoms with Gasteiger partial charge >= 0.3 is 12.1 Å². The molecule has 8 nitrogen and oxygen atoms in total. The normalized spacial score (nSPS) is 37.8. The molecule has 60 heavy (non-hydrogen) atoms. The molecule has 6 aliphatic rings. The first-order valence-corrected chi connectivity index (χ1v) is 23.7. The number of carbonyl (C=O) groups is 2.